The zero-order valence-electron chi connectivity index (χ0n) is 9.65. The van der Waals surface area contributed by atoms with Crippen LogP contribution in [-0.2, 0) is 12.8 Å². The lowest BCUT2D eigenvalue weighted by Gasteiger charge is -2.07. The van der Waals surface area contributed by atoms with Gasteiger partial charge in [0, 0.05) is 17.3 Å². The van der Waals surface area contributed by atoms with Crippen LogP contribution in [0.1, 0.15) is 29.8 Å². The van der Waals surface area contributed by atoms with Gasteiger partial charge in [0.05, 0.1) is 5.69 Å². The Morgan fingerprint density at radius 1 is 1.24 bits per heavy atom. The molecule has 0 bridgehead atoms. The maximum atomic E-state index is 6.37. The molecule has 5 heteroatoms. The standard InChI is InChI=1S/C12H13ClN4/c1-8-6-11(15-7-14-8)17-12(13)9-4-2-3-5-10(9)16-17/h6-7H,2-5H2,1H3. The first-order valence-electron chi connectivity index (χ1n) is 5.81. The van der Waals surface area contributed by atoms with Gasteiger partial charge in [-0.05, 0) is 32.6 Å². The lowest BCUT2D eigenvalue weighted by atomic mass is 9.99. The zero-order chi connectivity index (χ0) is 11.8. The summed E-state index contributed by atoms with van der Waals surface area (Å²) in [6.07, 6.45) is 5.98. The van der Waals surface area contributed by atoms with Gasteiger partial charge in [0.25, 0.3) is 0 Å². The van der Waals surface area contributed by atoms with Crippen molar-refractivity contribution >= 4 is 11.6 Å². The lowest BCUT2D eigenvalue weighted by molar-refractivity contribution is 0.670. The van der Waals surface area contributed by atoms with Crippen molar-refractivity contribution < 1.29 is 0 Å². The topological polar surface area (TPSA) is 43.6 Å². The summed E-state index contributed by atoms with van der Waals surface area (Å²) in [5.41, 5.74) is 3.23. The number of aryl methyl sites for hydroxylation is 2. The number of nitrogens with zero attached hydrogens (tertiary/aromatic N) is 4. The van der Waals surface area contributed by atoms with Crippen LogP contribution in [0.3, 0.4) is 0 Å². The van der Waals surface area contributed by atoms with E-state index in [0.717, 1.165) is 30.0 Å². The molecule has 17 heavy (non-hydrogen) atoms. The Balaban J connectivity index is 2.12. The highest BCUT2D eigenvalue weighted by molar-refractivity contribution is 6.30. The molecule has 0 atom stereocenters. The van der Waals surface area contributed by atoms with E-state index < -0.39 is 0 Å². The van der Waals surface area contributed by atoms with Crippen LogP contribution in [0.15, 0.2) is 12.4 Å². The molecule has 0 spiro atoms. The van der Waals surface area contributed by atoms with Gasteiger partial charge in [0.15, 0.2) is 5.82 Å². The monoisotopic (exact) mass is 248 g/mol. The van der Waals surface area contributed by atoms with E-state index in [2.05, 4.69) is 15.1 Å². The molecule has 0 radical (unpaired) electrons. The van der Waals surface area contributed by atoms with Gasteiger partial charge in [0.2, 0.25) is 0 Å². The fourth-order valence-corrected chi connectivity index (χ4v) is 2.55. The van der Waals surface area contributed by atoms with E-state index in [-0.39, 0.29) is 0 Å². The molecular formula is C12H13ClN4. The summed E-state index contributed by atoms with van der Waals surface area (Å²) in [6.45, 7) is 1.93. The van der Waals surface area contributed by atoms with Gasteiger partial charge >= 0.3 is 0 Å². The molecule has 88 valence electrons. The van der Waals surface area contributed by atoms with Crippen molar-refractivity contribution in [1.29, 1.82) is 0 Å². The van der Waals surface area contributed by atoms with Gasteiger partial charge in [-0.3, -0.25) is 0 Å². The lowest BCUT2D eigenvalue weighted by Crippen LogP contribution is -2.02. The molecule has 3 rings (SSSR count). The third kappa shape index (κ3) is 1.82. The fraction of sp³-hybridized carbons (Fsp3) is 0.417. The SMILES string of the molecule is Cc1cc(-n2nc3c(c2Cl)CCCC3)ncn1. The average molecular weight is 249 g/mol. The van der Waals surface area contributed by atoms with Crippen LogP contribution in [0.25, 0.3) is 5.82 Å². The molecule has 2 aromatic heterocycles. The van der Waals surface area contributed by atoms with Gasteiger partial charge in [0.1, 0.15) is 11.5 Å². The van der Waals surface area contributed by atoms with E-state index in [1.807, 2.05) is 13.0 Å². The van der Waals surface area contributed by atoms with Crippen LogP contribution >= 0.6 is 11.6 Å². The highest BCUT2D eigenvalue weighted by atomic mass is 35.5. The summed E-state index contributed by atoms with van der Waals surface area (Å²) in [5, 5.41) is 5.26. The van der Waals surface area contributed by atoms with Crippen LogP contribution in [0.2, 0.25) is 5.15 Å². The van der Waals surface area contributed by atoms with Crippen LogP contribution in [0.4, 0.5) is 0 Å². The predicted molar refractivity (Wildman–Crippen MR) is 65.5 cm³/mol. The normalized spacial score (nSPS) is 14.7. The molecule has 0 fully saturated rings. The second-order valence-electron chi connectivity index (χ2n) is 4.35. The summed E-state index contributed by atoms with van der Waals surface area (Å²) in [7, 11) is 0. The number of aromatic nitrogens is 4. The first kappa shape index (κ1) is 10.7. The minimum absolute atomic E-state index is 0.706. The summed E-state index contributed by atoms with van der Waals surface area (Å²) >= 11 is 6.37. The molecule has 0 aliphatic heterocycles. The van der Waals surface area contributed by atoms with Crippen molar-refractivity contribution in [2.45, 2.75) is 32.6 Å². The van der Waals surface area contributed by atoms with E-state index in [1.165, 1.54) is 18.4 Å². The molecule has 1 aliphatic rings. The van der Waals surface area contributed by atoms with Crippen molar-refractivity contribution in [2.75, 3.05) is 0 Å². The van der Waals surface area contributed by atoms with Crippen LogP contribution in [-0.4, -0.2) is 19.7 Å². The van der Waals surface area contributed by atoms with Crippen molar-refractivity contribution in [3.05, 3.63) is 34.5 Å². The Morgan fingerprint density at radius 3 is 2.82 bits per heavy atom. The summed E-state index contributed by atoms with van der Waals surface area (Å²) in [6, 6.07) is 1.89. The Morgan fingerprint density at radius 2 is 2.06 bits per heavy atom. The average Bonchev–Trinajstić information content (AvgIpc) is 2.68. The molecule has 0 saturated carbocycles. The van der Waals surface area contributed by atoms with E-state index in [4.69, 9.17) is 11.6 Å². The maximum Gasteiger partial charge on any atom is 0.158 e. The van der Waals surface area contributed by atoms with Crippen molar-refractivity contribution in [2.24, 2.45) is 0 Å². The van der Waals surface area contributed by atoms with Gasteiger partial charge < -0.3 is 0 Å². The molecule has 0 amide bonds. The molecule has 0 saturated heterocycles. The number of rotatable bonds is 1. The largest absolute Gasteiger partial charge is 0.242 e. The highest BCUT2D eigenvalue weighted by Crippen LogP contribution is 2.29. The Labute approximate surface area is 105 Å². The number of hydrogen-bond acceptors (Lipinski definition) is 3. The van der Waals surface area contributed by atoms with Crippen LogP contribution < -0.4 is 0 Å². The molecule has 2 aromatic rings. The zero-order valence-corrected chi connectivity index (χ0v) is 10.4. The summed E-state index contributed by atoms with van der Waals surface area (Å²) in [5.74, 6) is 0.747. The Kier molecular flexibility index (Phi) is 2.59. The Bertz CT molecular complexity index is 562. The number of fused-ring (bicyclic) bond motifs is 1. The van der Waals surface area contributed by atoms with E-state index in [1.54, 1.807) is 11.0 Å². The fourth-order valence-electron chi connectivity index (χ4n) is 2.22. The van der Waals surface area contributed by atoms with Crippen molar-refractivity contribution in [3.8, 4) is 5.82 Å². The maximum absolute atomic E-state index is 6.37. The minimum atomic E-state index is 0.706. The van der Waals surface area contributed by atoms with Crippen molar-refractivity contribution in [1.82, 2.24) is 19.7 Å². The summed E-state index contributed by atoms with van der Waals surface area (Å²) < 4.78 is 1.73. The highest BCUT2D eigenvalue weighted by Gasteiger charge is 2.20. The van der Waals surface area contributed by atoms with Crippen LogP contribution in [0.5, 0.6) is 0 Å². The van der Waals surface area contributed by atoms with Gasteiger partial charge in [-0.2, -0.15) is 5.10 Å². The van der Waals surface area contributed by atoms with Crippen molar-refractivity contribution in [3.63, 3.8) is 0 Å². The minimum Gasteiger partial charge on any atom is -0.242 e. The van der Waals surface area contributed by atoms with E-state index in [0.29, 0.717) is 5.15 Å². The quantitative estimate of drug-likeness (QED) is 0.779. The molecule has 0 aromatic carbocycles. The van der Waals surface area contributed by atoms with Crippen LogP contribution in [0, 0.1) is 6.92 Å². The summed E-state index contributed by atoms with van der Waals surface area (Å²) in [4.78, 5) is 8.30. The predicted octanol–water partition coefficient (Wildman–Crippen LogP) is 2.50. The molecule has 0 unspecified atom stereocenters. The molecule has 2 heterocycles. The molecule has 0 N–H and O–H groups in total. The third-order valence-electron chi connectivity index (χ3n) is 3.10. The second kappa shape index (κ2) is 4.11. The smallest absolute Gasteiger partial charge is 0.158 e. The van der Waals surface area contributed by atoms with E-state index in [9.17, 15) is 0 Å². The molecule has 1 aliphatic carbocycles. The van der Waals surface area contributed by atoms with Gasteiger partial charge in [-0.15, -0.1) is 0 Å². The Hall–Kier alpha value is -1.42. The second-order valence-corrected chi connectivity index (χ2v) is 4.71. The third-order valence-corrected chi connectivity index (χ3v) is 3.49. The van der Waals surface area contributed by atoms with Gasteiger partial charge in [-0.25, -0.2) is 14.6 Å². The first-order chi connectivity index (χ1) is 8.25. The molecular weight excluding hydrogens is 236 g/mol. The van der Waals surface area contributed by atoms with E-state index >= 15 is 0 Å². The number of halogens is 1. The number of hydrogen-bond donors (Lipinski definition) is 0. The first-order valence-corrected chi connectivity index (χ1v) is 6.19. The van der Waals surface area contributed by atoms with Gasteiger partial charge in [-0.1, -0.05) is 11.6 Å². The molecule has 4 nitrogen and oxygen atoms in total.